The molecule has 36 heavy (non-hydrogen) atoms. The van der Waals surface area contributed by atoms with Gasteiger partial charge >= 0.3 is 0 Å². The molecule has 2 aliphatic rings. The molecule has 2 N–H and O–H groups in total. The van der Waals surface area contributed by atoms with Crippen LogP contribution in [0.15, 0.2) is 30.6 Å². The van der Waals surface area contributed by atoms with Crippen LogP contribution in [0.25, 0.3) is 22.4 Å². The molecule has 1 fully saturated rings. The number of benzene rings is 1. The molecule has 1 amide bonds. The van der Waals surface area contributed by atoms with Crippen LogP contribution in [-0.4, -0.2) is 60.5 Å². The predicted octanol–water partition coefficient (Wildman–Crippen LogP) is 4.73. The average Bonchev–Trinajstić information content (AvgIpc) is 3.61. The minimum absolute atomic E-state index is 0.0264. The summed E-state index contributed by atoms with van der Waals surface area (Å²) in [5.74, 6) is 1.50. The van der Waals surface area contributed by atoms with Gasteiger partial charge in [0.1, 0.15) is 17.5 Å². The molecule has 2 atom stereocenters. The number of rotatable bonds is 5. The lowest BCUT2D eigenvalue weighted by molar-refractivity contribution is -0.136. The number of pyridine rings is 1. The van der Waals surface area contributed by atoms with Crippen LogP contribution in [0.2, 0.25) is 10.0 Å². The summed E-state index contributed by atoms with van der Waals surface area (Å²) in [6.45, 7) is 3.90. The van der Waals surface area contributed by atoms with Crippen molar-refractivity contribution in [3.8, 4) is 17.3 Å². The molecule has 2 aliphatic heterocycles. The molecule has 4 aromatic rings. The molecule has 186 valence electrons. The average molecular weight is 526 g/mol. The van der Waals surface area contributed by atoms with E-state index in [2.05, 4.69) is 25.1 Å². The van der Waals surface area contributed by atoms with E-state index in [1.165, 1.54) is 0 Å². The number of nitrogens with one attached hydrogen (secondary N) is 2. The number of fused-ring (bicyclic) bond motifs is 2. The van der Waals surface area contributed by atoms with Crippen LogP contribution in [-0.2, 0) is 17.9 Å². The fourth-order valence-electron chi connectivity index (χ4n) is 5.16. The van der Waals surface area contributed by atoms with Gasteiger partial charge in [0.2, 0.25) is 5.91 Å². The number of amides is 1. The minimum atomic E-state index is -0.379. The van der Waals surface area contributed by atoms with Gasteiger partial charge in [0.05, 0.1) is 46.1 Å². The van der Waals surface area contributed by atoms with Crippen LogP contribution in [0.1, 0.15) is 42.8 Å². The van der Waals surface area contributed by atoms with Crippen molar-refractivity contribution in [3.05, 3.63) is 57.6 Å². The summed E-state index contributed by atoms with van der Waals surface area (Å²) in [5, 5.41) is 9.35. The first kappa shape index (κ1) is 23.3. The summed E-state index contributed by atoms with van der Waals surface area (Å²) in [6.07, 6.45) is 4.71. The van der Waals surface area contributed by atoms with Crippen LogP contribution in [0.3, 0.4) is 0 Å². The normalized spacial score (nSPS) is 18.7. The van der Waals surface area contributed by atoms with Gasteiger partial charge in [-0.25, -0.2) is 4.98 Å². The topological polar surface area (TPSA) is 103 Å². The molecule has 0 bridgehead atoms. The number of nitrogens with zero attached hydrogens (tertiary/aromatic N) is 5. The number of imidazole rings is 1. The van der Waals surface area contributed by atoms with Crippen LogP contribution >= 0.6 is 23.2 Å². The molecule has 3 aromatic heterocycles. The molecular formula is C25H25Cl2N7O2. The van der Waals surface area contributed by atoms with E-state index < -0.39 is 0 Å². The molecule has 0 saturated carbocycles. The number of carbonyl (C=O) groups is 1. The molecular weight excluding hydrogens is 501 g/mol. The zero-order valence-corrected chi connectivity index (χ0v) is 21.4. The van der Waals surface area contributed by atoms with Gasteiger partial charge in [-0.2, -0.15) is 5.10 Å². The van der Waals surface area contributed by atoms with E-state index >= 15 is 0 Å². The van der Waals surface area contributed by atoms with Gasteiger partial charge in [-0.1, -0.05) is 23.2 Å². The largest absolute Gasteiger partial charge is 0.486 e. The van der Waals surface area contributed by atoms with Gasteiger partial charge in [0.15, 0.2) is 5.82 Å². The third kappa shape index (κ3) is 4.01. The monoisotopic (exact) mass is 525 g/mol. The molecule has 11 heteroatoms. The third-order valence-electron chi connectivity index (χ3n) is 7.04. The smallest absolute Gasteiger partial charge is 0.240 e. The van der Waals surface area contributed by atoms with Crippen molar-refractivity contribution in [3.63, 3.8) is 0 Å². The molecule has 9 nitrogen and oxygen atoms in total. The zero-order chi connectivity index (χ0) is 25.0. The quantitative estimate of drug-likeness (QED) is 0.390. The Kier molecular flexibility index (Phi) is 5.86. The van der Waals surface area contributed by atoms with Crippen LogP contribution < -0.4 is 4.74 Å². The molecule has 0 spiro atoms. The summed E-state index contributed by atoms with van der Waals surface area (Å²) < 4.78 is 6.17. The lowest BCUT2D eigenvalue weighted by Gasteiger charge is -2.24. The van der Waals surface area contributed by atoms with Crippen molar-refractivity contribution in [1.82, 2.24) is 34.9 Å². The van der Waals surface area contributed by atoms with Crippen molar-refractivity contribution in [2.45, 2.75) is 45.0 Å². The maximum atomic E-state index is 13.0. The highest BCUT2D eigenvalue weighted by Gasteiger charge is 2.35. The number of aromatic amines is 2. The van der Waals surface area contributed by atoms with E-state index in [1.807, 2.05) is 37.1 Å². The highest BCUT2D eigenvalue weighted by molar-refractivity contribution is 6.35. The fraction of sp³-hybridized carbons (Fsp3) is 0.360. The fourth-order valence-corrected chi connectivity index (χ4v) is 5.83. The number of ether oxygens (including phenoxy) is 1. The van der Waals surface area contributed by atoms with E-state index in [9.17, 15) is 4.79 Å². The standard InChI is InChI=1S/C25H25Cl2N7O2/c1-13(22-16(26)9-28-10-17(22)27)36-14-5-6-18-15(8-14)23(32-31-18)24-29-19-11-34(12-20(19)30-24)25(35)21-4-3-7-33(21)2/h5-6,8-10,13,21H,3-4,7,11-12H2,1-2H3,(H,29,30)(H,31,32)/t13-,21?/m1/s1. The summed E-state index contributed by atoms with van der Waals surface area (Å²) >= 11 is 12.6. The second-order valence-corrected chi connectivity index (χ2v) is 10.2. The lowest BCUT2D eigenvalue weighted by atomic mass is 10.1. The van der Waals surface area contributed by atoms with Gasteiger partial charge in [0.25, 0.3) is 0 Å². The first-order valence-corrected chi connectivity index (χ1v) is 12.7. The minimum Gasteiger partial charge on any atom is -0.486 e. The maximum absolute atomic E-state index is 13.0. The molecule has 5 heterocycles. The highest BCUT2D eigenvalue weighted by Crippen LogP contribution is 2.35. The van der Waals surface area contributed by atoms with Gasteiger partial charge in [-0.15, -0.1) is 0 Å². The van der Waals surface area contributed by atoms with E-state index in [-0.39, 0.29) is 18.1 Å². The number of carbonyl (C=O) groups excluding carboxylic acids is 1. The zero-order valence-electron chi connectivity index (χ0n) is 19.9. The lowest BCUT2D eigenvalue weighted by Crippen LogP contribution is -2.42. The van der Waals surface area contributed by atoms with Gasteiger partial charge < -0.3 is 14.6 Å². The van der Waals surface area contributed by atoms with E-state index in [0.717, 1.165) is 41.7 Å². The van der Waals surface area contributed by atoms with Crippen LogP contribution in [0.4, 0.5) is 0 Å². The van der Waals surface area contributed by atoms with E-state index in [4.69, 9.17) is 32.9 Å². The number of hydrogen-bond donors (Lipinski definition) is 2. The highest BCUT2D eigenvalue weighted by atomic mass is 35.5. The Morgan fingerprint density at radius 2 is 2.03 bits per heavy atom. The van der Waals surface area contributed by atoms with Crippen molar-refractivity contribution in [1.29, 1.82) is 0 Å². The Bertz CT molecular complexity index is 1420. The maximum Gasteiger partial charge on any atom is 0.240 e. The molecule has 6 rings (SSSR count). The molecule has 0 aliphatic carbocycles. The van der Waals surface area contributed by atoms with Gasteiger partial charge in [-0.3, -0.25) is 19.8 Å². The molecule has 1 unspecified atom stereocenters. The number of aromatic nitrogens is 5. The number of likely N-dealkylation sites (N-methyl/N-ethyl adjacent to an activating group) is 1. The van der Waals surface area contributed by atoms with Gasteiger partial charge in [-0.05, 0) is 51.6 Å². The Balaban J connectivity index is 1.23. The summed E-state index contributed by atoms with van der Waals surface area (Å²) in [5.41, 5.74) is 4.09. The van der Waals surface area contributed by atoms with E-state index in [0.29, 0.717) is 46.0 Å². The molecule has 1 aromatic carbocycles. The van der Waals surface area contributed by atoms with Crippen molar-refractivity contribution in [2.75, 3.05) is 13.6 Å². The first-order valence-electron chi connectivity index (χ1n) is 11.9. The SMILES string of the molecule is C[C@@H](Oc1ccc2[nH]nc(-c3nc4c([nH]3)CN(C(=O)C3CCCN3C)C4)c2c1)c1c(Cl)cncc1Cl. The summed E-state index contributed by atoms with van der Waals surface area (Å²) in [4.78, 5) is 29.2. The molecule has 0 radical (unpaired) electrons. The second-order valence-electron chi connectivity index (χ2n) is 9.40. The van der Waals surface area contributed by atoms with Crippen molar-refractivity contribution >= 4 is 40.0 Å². The Labute approximate surface area is 217 Å². The Morgan fingerprint density at radius 3 is 2.75 bits per heavy atom. The van der Waals surface area contributed by atoms with Crippen molar-refractivity contribution in [2.24, 2.45) is 0 Å². The predicted molar refractivity (Wildman–Crippen MR) is 137 cm³/mol. The van der Waals surface area contributed by atoms with Gasteiger partial charge in [0, 0.05) is 23.3 Å². The van der Waals surface area contributed by atoms with Crippen LogP contribution in [0.5, 0.6) is 5.75 Å². The Hall–Kier alpha value is -3.14. The van der Waals surface area contributed by atoms with Crippen molar-refractivity contribution < 1.29 is 9.53 Å². The first-order chi connectivity index (χ1) is 17.4. The number of likely N-dealkylation sites (tertiary alicyclic amines) is 1. The summed E-state index contributed by atoms with van der Waals surface area (Å²) in [6, 6.07) is 5.68. The third-order valence-corrected chi connectivity index (χ3v) is 7.64. The second kappa shape index (κ2) is 9.06. The molecule has 1 saturated heterocycles. The summed E-state index contributed by atoms with van der Waals surface area (Å²) in [7, 11) is 2.02. The van der Waals surface area contributed by atoms with E-state index in [1.54, 1.807) is 12.4 Å². The number of H-pyrrole nitrogens is 2. The number of halogens is 2. The Morgan fingerprint density at radius 1 is 1.22 bits per heavy atom. The van der Waals surface area contributed by atoms with Crippen LogP contribution in [0, 0.1) is 0 Å². The number of hydrogen-bond acceptors (Lipinski definition) is 6.